The molecule has 0 saturated heterocycles. The number of rotatable bonds is 4. The third-order valence-electron chi connectivity index (χ3n) is 5.12. The van der Waals surface area contributed by atoms with Gasteiger partial charge in [0.2, 0.25) is 5.91 Å². The number of furan rings is 1. The van der Waals surface area contributed by atoms with Crippen LogP contribution < -0.4 is 5.32 Å². The monoisotopic (exact) mass is 426 g/mol. The van der Waals surface area contributed by atoms with Gasteiger partial charge in [-0.25, -0.2) is 0 Å². The lowest BCUT2D eigenvalue weighted by Crippen LogP contribution is -2.52. The fourth-order valence-corrected chi connectivity index (χ4v) is 3.72. The topological polar surface area (TPSA) is 103 Å². The first-order valence-corrected chi connectivity index (χ1v) is 9.71. The van der Waals surface area contributed by atoms with E-state index in [4.69, 9.17) is 16.0 Å². The molecule has 0 aliphatic carbocycles. The predicted molar refractivity (Wildman–Crippen MR) is 109 cm³/mol. The van der Waals surface area contributed by atoms with Crippen molar-refractivity contribution in [1.29, 1.82) is 0 Å². The van der Waals surface area contributed by atoms with Crippen molar-refractivity contribution in [3.05, 3.63) is 82.3 Å². The number of fused-ring (bicyclic) bond motifs is 1. The van der Waals surface area contributed by atoms with Gasteiger partial charge >= 0.3 is 0 Å². The van der Waals surface area contributed by atoms with Crippen LogP contribution in [0.2, 0.25) is 5.02 Å². The lowest BCUT2D eigenvalue weighted by molar-refractivity contribution is -0.126. The molecule has 154 valence electrons. The number of benzene rings is 2. The molecule has 0 spiro atoms. The van der Waals surface area contributed by atoms with Gasteiger partial charge in [-0.3, -0.25) is 9.59 Å². The smallest absolute Gasteiger partial charge is 0.258 e. The molecule has 2 aromatic carbocycles. The number of hydrogen-bond acceptors (Lipinski definition) is 5. The summed E-state index contributed by atoms with van der Waals surface area (Å²) in [4.78, 5) is 27.7. The molecule has 3 N–H and O–H groups in total. The SMILES string of the molecule is O=C(NCc1ccco1)[C@H]1Cc2ccccc2CN1C(=O)c1cc(Cl)c(O)cc1O. The molecule has 0 bridgehead atoms. The van der Waals surface area contributed by atoms with E-state index in [1.54, 1.807) is 12.1 Å². The first kappa shape index (κ1) is 19.8. The van der Waals surface area contributed by atoms with Crippen LogP contribution in [0, 0.1) is 0 Å². The zero-order valence-electron chi connectivity index (χ0n) is 15.8. The normalized spacial score (nSPS) is 15.5. The summed E-state index contributed by atoms with van der Waals surface area (Å²) in [5, 5.41) is 22.6. The molecule has 1 aliphatic rings. The fraction of sp³-hybridized carbons (Fsp3) is 0.182. The zero-order chi connectivity index (χ0) is 21.3. The van der Waals surface area contributed by atoms with Gasteiger partial charge in [0.25, 0.3) is 5.91 Å². The number of carbonyl (C=O) groups is 2. The molecule has 2 heterocycles. The second-order valence-electron chi connectivity index (χ2n) is 7.04. The third kappa shape index (κ3) is 3.84. The minimum absolute atomic E-state index is 0.0626. The molecule has 30 heavy (non-hydrogen) atoms. The van der Waals surface area contributed by atoms with Gasteiger partial charge in [-0.2, -0.15) is 0 Å². The van der Waals surface area contributed by atoms with Gasteiger partial charge in [0.05, 0.1) is 23.4 Å². The Morgan fingerprint density at radius 3 is 2.60 bits per heavy atom. The van der Waals surface area contributed by atoms with Crippen molar-refractivity contribution in [3.8, 4) is 11.5 Å². The van der Waals surface area contributed by atoms with Crippen molar-refractivity contribution >= 4 is 23.4 Å². The standard InChI is InChI=1S/C22H19ClN2O5/c23-17-9-16(19(26)10-20(17)27)22(29)25-12-14-5-2-1-4-13(14)8-18(25)21(28)24-11-15-6-3-7-30-15/h1-7,9-10,18,26-27H,8,11-12H2,(H,24,28)/t18-/m1/s1. The quantitative estimate of drug-likeness (QED) is 0.594. The number of nitrogens with zero attached hydrogens (tertiary/aromatic N) is 1. The van der Waals surface area contributed by atoms with Crippen molar-refractivity contribution in [3.63, 3.8) is 0 Å². The number of phenolic OH excluding ortho intramolecular Hbond substituents is 2. The number of nitrogens with one attached hydrogen (secondary N) is 1. The molecule has 3 aromatic rings. The van der Waals surface area contributed by atoms with Crippen LogP contribution in [0.5, 0.6) is 11.5 Å². The molecular weight excluding hydrogens is 408 g/mol. The Hall–Kier alpha value is -3.45. The number of hydrogen-bond donors (Lipinski definition) is 3. The second-order valence-corrected chi connectivity index (χ2v) is 7.45. The van der Waals surface area contributed by atoms with Crippen molar-refractivity contribution in [2.24, 2.45) is 0 Å². The molecule has 0 saturated carbocycles. The largest absolute Gasteiger partial charge is 0.507 e. The maximum atomic E-state index is 13.3. The van der Waals surface area contributed by atoms with Gasteiger partial charge in [0, 0.05) is 19.0 Å². The predicted octanol–water partition coefficient (Wildman–Crippen LogP) is 3.23. The summed E-state index contributed by atoms with van der Waals surface area (Å²) in [6.45, 7) is 0.397. The zero-order valence-corrected chi connectivity index (χ0v) is 16.6. The second kappa shape index (κ2) is 8.12. The molecule has 1 atom stereocenters. The van der Waals surface area contributed by atoms with E-state index in [1.807, 2.05) is 24.3 Å². The van der Waals surface area contributed by atoms with Crippen molar-refractivity contribution < 1.29 is 24.2 Å². The van der Waals surface area contributed by atoms with Crippen LogP contribution in [0.4, 0.5) is 0 Å². The Balaban J connectivity index is 1.64. The van der Waals surface area contributed by atoms with Gasteiger partial charge in [-0.15, -0.1) is 0 Å². The summed E-state index contributed by atoms with van der Waals surface area (Å²) >= 11 is 5.93. The molecule has 0 unspecified atom stereocenters. The minimum atomic E-state index is -0.783. The van der Waals surface area contributed by atoms with E-state index >= 15 is 0 Å². The van der Waals surface area contributed by atoms with Gasteiger partial charge < -0.3 is 24.8 Å². The summed E-state index contributed by atoms with van der Waals surface area (Å²) in [5.41, 5.74) is 1.82. The van der Waals surface area contributed by atoms with E-state index in [0.717, 1.165) is 17.2 Å². The molecule has 2 amide bonds. The van der Waals surface area contributed by atoms with Crippen molar-refractivity contribution in [2.75, 3.05) is 0 Å². The lowest BCUT2D eigenvalue weighted by atomic mass is 9.92. The molecule has 7 nitrogen and oxygen atoms in total. The van der Waals surface area contributed by atoms with E-state index in [-0.39, 0.29) is 35.3 Å². The van der Waals surface area contributed by atoms with Crippen LogP contribution in [-0.4, -0.2) is 33.0 Å². The number of phenols is 2. The van der Waals surface area contributed by atoms with Crippen LogP contribution in [0.3, 0.4) is 0 Å². The Kier molecular flexibility index (Phi) is 5.37. The highest BCUT2D eigenvalue weighted by molar-refractivity contribution is 6.32. The summed E-state index contributed by atoms with van der Waals surface area (Å²) in [7, 11) is 0. The number of carbonyl (C=O) groups excluding carboxylic acids is 2. The number of aromatic hydroxyl groups is 2. The van der Waals surface area contributed by atoms with Gasteiger partial charge in [-0.05, 0) is 29.3 Å². The molecule has 0 fully saturated rings. The molecular formula is C22H19ClN2O5. The van der Waals surface area contributed by atoms with Gasteiger partial charge in [0.1, 0.15) is 23.3 Å². The molecule has 1 aliphatic heterocycles. The molecule has 8 heteroatoms. The highest BCUT2D eigenvalue weighted by Crippen LogP contribution is 2.33. The van der Waals surface area contributed by atoms with E-state index in [0.29, 0.717) is 12.2 Å². The Morgan fingerprint density at radius 2 is 1.87 bits per heavy atom. The van der Waals surface area contributed by atoms with E-state index in [1.165, 1.54) is 17.2 Å². The van der Waals surface area contributed by atoms with Crippen LogP contribution in [0.25, 0.3) is 0 Å². The third-order valence-corrected chi connectivity index (χ3v) is 5.43. The maximum absolute atomic E-state index is 13.3. The first-order chi connectivity index (χ1) is 14.4. The van der Waals surface area contributed by atoms with Crippen molar-refractivity contribution in [2.45, 2.75) is 25.6 Å². The molecule has 0 radical (unpaired) electrons. The Morgan fingerprint density at radius 1 is 1.10 bits per heavy atom. The average molecular weight is 427 g/mol. The maximum Gasteiger partial charge on any atom is 0.258 e. The average Bonchev–Trinajstić information content (AvgIpc) is 3.27. The fourth-order valence-electron chi connectivity index (χ4n) is 3.55. The summed E-state index contributed by atoms with van der Waals surface area (Å²) in [5.74, 6) is -1.03. The number of amides is 2. The minimum Gasteiger partial charge on any atom is -0.507 e. The van der Waals surface area contributed by atoms with Crippen LogP contribution >= 0.6 is 11.6 Å². The Bertz CT molecular complexity index is 1100. The van der Waals surface area contributed by atoms with E-state index in [2.05, 4.69) is 5.32 Å². The summed E-state index contributed by atoms with van der Waals surface area (Å²) in [6.07, 6.45) is 1.85. The van der Waals surface area contributed by atoms with Gasteiger partial charge in [0.15, 0.2) is 0 Å². The highest BCUT2D eigenvalue weighted by Gasteiger charge is 2.36. The lowest BCUT2D eigenvalue weighted by Gasteiger charge is -2.36. The van der Waals surface area contributed by atoms with Crippen LogP contribution in [0.15, 0.2) is 59.2 Å². The first-order valence-electron chi connectivity index (χ1n) is 9.33. The van der Waals surface area contributed by atoms with E-state index < -0.39 is 17.7 Å². The van der Waals surface area contributed by atoms with E-state index in [9.17, 15) is 19.8 Å². The van der Waals surface area contributed by atoms with Crippen molar-refractivity contribution in [1.82, 2.24) is 10.2 Å². The molecule has 1 aromatic heterocycles. The van der Waals surface area contributed by atoms with Crippen LogP contribution in [-0.2, 0) is 24.3 Å². The summed E-state index contributed by atoms with van der Waals surface area (Å²) < 4.78 is 5.24. The highest BCUT2D eigenvalue weighted by atomic mass is 35.5. The van der Waals surface area contributed by atoms with Gasteiger partial charge in [-0.1, -0.05) is 35.9 Å². The summed E-state index contributed by atoms with van der Waals surface area (Å²) in [6, 6.07) is 12.5. The molecule has 4 rings (SSSR count). The Labute approximate surface area is 177 Å². The number of halogens is 1. The van der Waals surface area contributed by atoms with Crippen LogP contribution in [0.1, 0.15) is 27.2 Å².